The standard InChI is InChI=1S/C19H31N/c1-13-9-16(19(3,4)5)10-14(2)18(13)12-17(20)11-15-7-6-8-15/h9-10,15,17H,6-8,11-12,20H2,1-5H3. The fraction of sp³-hybridized carbons (Fsp3) is 0.684. The molecule has 1 heteroatoms. The van der Waals surface area contributed by atoms with Crippen molar-refractivity contribution in [2.45, 2.75) is 78.2 Å². The van der Waals surface area contributed by atoms with Crippen LogP contribution in [0.15, 0.2) is 12.1 Å². The topological polar surface area (TPSA) is 26.0 Å². The van der Waals surface area contributed by atoms with E-state index in [0.717, 1.165) is 12.3 Å². The number of benzene rings is 1. The van der Waals surface area contributed by atoms with Gasteiger partial charge >= 0.3 is 0 Å². The Balaban J connectivity index is 2.11. The molecule has 0 radical (unpaired) electrons. The molecule has 1 unspecified atom stereocenters. The van der Waals surface area contributed by atoms with E-state index >= 15 is 0 Å². The van der Waals surface area contributed by atoms with Crippen LogP contribution in [0.3, 0.4) is 0 Å². The van der Waals surface area contributed by atoms with Gasteiger partial charge in [-0.05, 0) is 60.3 Å². The number of hydrogen-bond donors (Lipinski definition) is 1. The Hall–Kier alpha value is -0.820. The molecule has 0 aromatic heterocycles. The maximum atomic E-state index is 6.38. The second-order valence-corrected chi connectivity index (χ2v) is 7.84. The number of aryl methyl sites for hydroxylation is 2. The number of rotatable bonds is 4. The monoisotopic (exact) mass is 273 g/mol. The quantitative estimate of drug-likeness (QED) is 0.848. The fourth-order valence-corrected chi connectivity index (χ4v) is 3.25. The summed E-state index contributed by atoms with van der Waals surface area (Å²) < 4.78 is 0. The molecule has 0 amide bonds. The van der Waals surface area contributed by atoms with Crippen molar-refractivity contribution in [3.63, 3.8) is 0 Å². The molecule has 0 heterocycles. The second-order valence-electron chi connectivity index (χ2n) is 7.84. The molecule has 2 N–H and O–H groups in total. The van der Waals surface area contributed by atoms with E-state index in [1.54, 1.807) is 0 Å². The summed E-state index contributed by atoms with van der Waals surface area (Å²) in [6, 6.07) is 5.05. The summed E-state index contributed by atoms with van der Waals surface area (Å²) in [4.78, 5) is 0. The van der Waals surface area contributed by atoms with Crippen LogP contribution in [0, 0.1) is 19.8 Å². The van der Waals surface area contributed by atoms with Crippen molar-refractivity contribution in [3.8, 4) is 0 Å². The molecule has 1 atom stereocenters. The zero-order chi connectivity index (χ0) is 14.9. The predicted molar refractivity (Wildman–Crippen MR) is 88.3 cm³/mol. The molecule has 1 fully saturated rings. The van der Waals surface area contributed by atoms with Crippen molar-refractivity contribution >= 4 is 0 Å². The minimum atomic E-state index is 0.224. The van der Waals surface area contributed by atoms with Gasteiger partial charge in [0.1, 0.15) is 0 Å². The molecule has 1 nitrogen and oxygen atoms in total. The van der Waals surface area contributed by atoms with Gasteiger partial charge in [-0.1, -0.05) is 52.2 Å². The fourth-order valence-electron chi connectivity index (χ4n) is 3.25. The molecule has 1 aliphatic carbocycles. The third-order valence-electron chi connectivity index (χ3n) is 4.89. The zero-order valence-corrected chi connectivity index (χ0v) is 13.9. The predicted octanol–water partition coefficient (Wildman–Crippen LogP) is 4.66. The van der Waals surface area contributed by atoms with Crippen LogP contribution < -0.4 is 5.73 Å². The highest BCUT2D eigenvalue weighted by atomic mass is 14.6. The second kappa shape index (κ2) is 5.89. The van der Waals surface area contributed by atoms with Crippen LogP contribution >= 0.6 is 0 Å². The molecule has 0 bridgehead atoms. The van der Waals surface area contributed by atoms with E-state index in [2.05, 4.69) is 46.8 Å². The van der Waals surface area contributed by atoms with Gasteiger partial charge < -0.3 is 5.73 Å². The van der Waals surface area contributed by atoms with Gasteiger partial charge in [0.25, 0.3) is 0 Å². The first-order chi connectivity index (χ1) is 9.27. The largest absolute Gasteiger partial charge is 0.327 e. The Morgan fingerprint density at radius 2 is 1.70 bits per heavy atom. The highest BCUT2D eigenvalue weighted by Crippen LogP contribution is 2.32. The van der Waals surface area contributed by atoms with Crippen molar-refractivity contribution in [2.24, 2.45) is 11.7 Å². The molecule has 0 saturated heterocycles. The summed E-state index contributed by atoms with van der Waals surface area (Å²) >= 11 is 0. The highest BCUT2D eigenvalue weighted by molar-refractivity contribution is 5.40. The van der Waals surface area contributed by atoms with Crippen LogP contribution in [0.1, 0.15) is 68.7 Å². The van der Waals surface area contributed by atoms with E-state index in [1.165, 1.54) is 47.9 Å². The minimum absolute atomic E-state index is 0.224. The average Bonchev–Trinajstić information content (AvgIpc) is 2.27. The van der Waals surface area contributed by atoms with Crippen molar-refractivity contribution in [1.82, 2.24) is 0 Å². The Labute approximate surface area is 125 Å². The van der Waals surface area contributed by atoms with Crippen LogP contribution in [-0.4, -0.2) is 6.04 Å². The lowest BCUT2D eigenvalue weighted by molar-refractivity contribution is 0.275. The first kappa shape index (κ1) is 15.6. The van der Waals surface area contributed by atoms with Gasteiger partial charge in [0.05, 0.1) is 0 Å². The van der Waals surface area contributed by atoms with Gasteiger partial charge in [0.2, 0.25) is 0 Å². The first-order valence-corrected chi connectivity index (χ1v) is 8.13. The van der Waals surface area contributed by atoms with Crippen molar-refractivity contribution in [2.75, 3.05) is 0 Å². The van der Waals surface area contributed by atoms with Crippen LogP contribution in [0.4, 0.5) is 0 Å². The van der Waals surface area contributed by atoms with Crippen LogP contribution in [0.2, 0.25) is 0 Å². The molecular weight excluding hydrogens is 242 g/mol. The van der Waals surface area contributed by atoms with Crippen molar-refractivity contribution in [1.29, 1.82) is 0 Å². The van der Waals surface area contributed by atoms with E-state index in [1.807, 2.05) is 0 Å². The summed E-state index contributed by atoms with van der Waals surface area (Å²) in [5.74, 6) is 0.902. The Morgan fingerprint density at radius 1 is 1.15 bits per heavy atom. The molecular formula is C19H31N. The first-order valence-electron chi connectivity index (χ1n) is 8.13. The van der Waals surface area contributed by atoms with Crippen molar-refractivity contribution < 1.29 is 0 Å². The smallest absolute Gasteiger partial charge is 0.00821 e. The molecule has 1 saturated carbocycles. The lowest BCUT2D eigenvalue weighted by atomic mass is 9.79. The third kappa shape index (κ3) is 3.63. The van der Waals surface area contributed by atoms with Crippen LogP contribution in [-0.2, 0) is 11.8 Å². The summed E-state index contributed by atoms with van der Waals surface area (Å²) in [5, 5.41) is 0. The lowest BCUT2D eigenvalue weighted by Gasteiger charge is -2.29. The third-order valence-corrected chi connectivity index (χ3v) is 4.89. The summed E-state index contributed by atoms with van der Waals surface area (Å²) in [6.07, 6.45) is 6.46. The van der Waals surface area contributed by atoms with Gasteiger partial charge in [0, 0.05) is 6.04 Å². The van der Waals surface area contributed by atoms with Gasteiger partial charge in [-0.25, -0.2) is 0 Å². The van der Waals surface area contributed by atoms with E-state index < -0.39 is 0 Å². The van der Waals surface area contributed by atoms with Gasteiger partial charge in [-0.2, -0.15) is 0 Å². The Morgan fingerprint density at radius 3 is 2.10 bits per heavy atom. The molecule has 112 valence electrons. The average molecular weight is 273 g/mol. The van der Waals surface area contributed by atoms with Gasteiger partial charge in [-0.15, -0.1) is 0 Å². The SMILES string of the molecule is Cc1cc(C(C)(C)C)cc(C)c1CC(N)CC1CCC1. The number of hydrogen-bond acceptors (Lipinski definition) is 1. The minimum Gasteiger partial charge on any atom is -0.327 e. The summed E-state index contributed by atoms with van der Waals surface area (Å²) in [5.41, 5.74) is 12.3. The van der Waals surface area contributed by atoms with Gasteiger partial charge in [-0.3, -0.25) is 0 Å². The summed E-state index contributed by atoms with van der Waals surface area (Å²) in [6.45, 7) is 11.3. The number of nitrogens with two attached hydrogens (primary N) is 1. The Kier molecular flexibility index (Phi) is 4.59. The lowest BCUT2D eigenvalue weighted by Crippen LogP contribution is -2.29. The maximum absolute atomic E-state index is 6.38. The summed E-state index contributed by atoms with van der Waals surface area (Å²) in [7, 11) is 0. The van der Waals surface area contributed by atoms with Gasteiger partial charge in [0.15, 0.2) is 0 Å². The maximum Gasteiger partial charge on any atom is 0.00821 e. The van der Waals surface area contributed by atoms with E-state index in [-0.39, 0.29) is 5.41 Å². The van der Waals surface area contributed by atoms with E-state index in [0.29, 0.717) is 6.04 Å². The van der Waals surface area contributed by atoms with Crippen LogP contribution in [0.25, 0.3) is 0 Å². The van der Waals surface area contributed by atoms with E-state index in [9.17, 15) is 0 Å². The Bertz CT molecular complexity index is 440. The molecule has 0 aliphatic heterocycles. The van der Waals surface area contributed by atoms with Crippen molar-refractivity contribution in [3.05, 3.63) is 34.4 Å². The molecule has 2 rings (SSSR count). The normalized spacial score (nSPS) is 17.9. The highest BCUT2D eigenvalue weighted by Gasteiger charge is 2.22. The molecule has 1 aromatic rings. The van der Waals surface area contributed by atoms with E-state index in [4.69, 9.17) is 5.73 Å². The molecule has 20 heavy (non-hydrogen) atoms. The van der Waals surface area contributed by atoms with Crippen LogP contribution in [0.5, 0.6) is 0 Å². The molecule has 0 spiro atoms. The zero-order valence-electron chi connectivity index (χ0n) is 13.9. The molecule has 1 aliphatic rings. The molecule has 1 aromatic carbocycles.